The van der Waals surface area contributed by atoms with Crippen molar-refractivity contribution in [1.82, 2.24) is 0 Å². The van der Waals surface area contributed by atoms with Crippen molar-refractivity contribution in [1.29, 1.82) is 0 Å². The normalized spacial score (nSPS) is 24.1. The number of nitrogens with zero attached hydrogens (tertiary/aromatic N) is 2. The first kappa shape index (κ1) is 7.91. The van der Waals surface area contributed by atoms with Gasteiger partial charge in [0.15, 0.2) is 0 Å². The van der Waals surface area contributed by atoms with E-state index in [1.165, 1.54) is 0 Å². The molecular weight excluding hydrogens is 142 g/mol. The number of hydrogen-bond acceptors (Lipinski definition) is 3. The lowest BCUT2D eigenvalue weighted by atomic mass is 9.96. The van der Waals surface area contributed by atoms with Gasteiger partial charge in [-0.05, 0) is 5.92 Å². The topological polar surface area (TPSA) is 67.8 Å². The fourth-order valence-electron chi connectivity index (χ4n) is 0.894. The summed E-state index contributed by atoms with van der Waals surface area (Å²) >= 11 is 0. The zero-order valence-corrected chi connectivity index (χ0v) is 6.61. The van der Waals surface area contributed by atoms with E-state index in [-0.39, 0.29) is 23.7 Å². The van der Waals surface area contributed by atoms with Crippen molar-refractivity contribution in [3.63, 3.8) is 0 Å². The Labute approximate surface area is 65.2 Å². The van der Waals surface area contributed by atoms with E-state index in [2.05, 4.69) is 9.98 Å². The zero-order valence-electron chi connectivity index (χ0n) is 6.61. The average Bonchev–Trinajstić information content (AvgIpc) is 1.85. The van der Waals surface area contributed by atoms with Gasteiger partial charge in [-0.2, -0.15) is 4.99 Å². The number of aliphatic imine (C=N–C) groups is 2. The summed E-state index contributed by atoms with van der Waals surface area (Å²) in [7, 11) is 0. The van der Waals surface area contributed by atoms with Crippen LogP contribution in [0, 0.1) is 11.8 Å². The SMILES string of the molecule is CC(C)C1C=NC(N)=NC1=O. The Morgan fingerprint density at radius 2 is 2.27 bits per heavy atom. The van der Waals surface area contributed by atoms with Gasteiger partial charge in [0.1, 0.15) is 0 Å². The third-order valence-electron chi connectivity index (χ3n) is 1.60. The first-order chi connectivity index (χ1) is 5.11. The van der Waals surface area contributed by atoms with Crippen molar-refractivity contribution in [2.45, 2.75) is 13.8 Å². The van der Waals surface area contributed by atoms with Crippen LogP contribution in [0.1, 0.15) is 13.8 Å². The molecule has 2 N–H and O–H groups in total. The second-order valence-electron chi connectivity index (χ2n) is 2.86. The van der Waals surface area contributed by atoms with E-state index in [0.717, 1.165) is 0 Å². The van der Waals surface area contributed by atoms with Gasteiger partial charge in [0.2, 0.25) is 5.96 Å². The van der Waals surface area contributed by atoms with Crippen molar-refractivity contribution in [2.24, 2.45) is 27.6 Å². The number of guanidine groups is 1. The van der Waals surface area contributed by atoms with E-state index in [4.69, 9.17) is 5.73 Å². The summed E-state index contributed by atoms with van der Waals surface area (Å²) in [6.07, 6.45) is 1.56. The molecule has 4 nitrogen and oxygen atoms in total. The van der Waals surface area contributed by atoms with Gasteiger partial charge in [0, 0.05) is 6.21 Å². The van der Waals surface area contributed by atoms with Crippen LogP contribution in [0.25, 0.3) is 0 Å². The maximum absolute atomic E-state index is 11.1. The Balaban J connectivity index is 2.77. The van der Waals surface area contributed by atoms with Crippen LogP contribution in [0.4, 0.5) is 0 Å². The van der Waals surface area contributed by atoms with E-state index in [9.17, 15) is 4.79 Å². The fourth-order valence-corrected chi connectivity index (χ4v) is 0.894. The molecule has 0 aromatic rings. The Morgan fingerprint density at radius 3 is 2.73 bits per heavy atom. The van der Waals surface area contributed by atoms with E-state index in [0.29, 0.717) is 0 Å². The summed E-state index contributed by atoms with van der Waals surface area (Å²) in [4.78, 5) is 18.4. The summed E-state index contributed by atoms with van der Waals surface area (Å²) in [6, 6.07) is 0. The summed E-state index contributed by atoms with van der Waals surface area (Å²) in [5.41, 5.74) is 5.22. The molecule has 0 bridgehead atoms. The highest BCUT2D eigenvalue weighted by Crippen LogP contribution is 2.12. The monoisotopic (exact) mass is 153 g/mol. The minimum absolute atomic E-state index is 0.0619. The largest absolute Gasteiger partial charge is 0.368 e. The molecule has 1 heterocycles. The molecule has 1 aliphatic rings. The summed E-state index contributed by atoms with van der Waals surface area (Å²) < 4.78 is 0. The molecule has 0 saturated heterocycles. The number of rotatable bonds is 1. The van der Waals surface area contributed by atoms with Gasteiger partial charge < -0.3 is 5.73 Å². The molecular formula is C7H11N3O. The van der Waals surface area contributed by atoms with Gasteiger partial charge in [0.05, 0.1) is 5.92 Å². The van der Waals surface area contributed by atoms with Crippen molar-refractivity contribution >= 4 is 18.1 Å². The number of nitrogens with two attached hydrogens (primary N) is 1. The second-order valence-corrected chi connectivity index (χ2v) is 2.86. The smallest absolute Gasteiger partial charge is 0.257 e. The minimum Gasteiger partial charge on any atom is -0.368 e. The van der Waals surface area contributed by atoms with Gasteiger partial charge in [-0.3, -0.25) is 4.79 Å². The van der Waals surface area contributed by atoms with Gasteiger partial charge >= 0.3 is 0 Å². The second kappa shape index (κ2) is 2.82. The molecule has 1 amide bonds. The van der Waals surface area contributed by atoms with Crippen LogP contribution in [-0.2, 0) is 4.79 Å². The number of carbonyl (C=O) groups is 1. The van der Waals surface area contributed by atoms with Crippen LogP contribution >= 0.6 is 0 Å². The van der Waals surface area contributed by atoms with Crippen molar-refractivity contribution in [3.8, 4) is 0 Å². The van der Waals surface area contributed by atoms with Crippen LogP contribution in [0.15, 0.2) is 9.98 Å². The quantitative estimate of drug-likeness (QED) is 0.584. The molecule has 0 aromatic heterocycles. The third kappa shape index (κ3) is 1.63. The number of hydrogen-bond donors (Lipinski definition) is 1. The van der Waals surface area contributed by atoms with E-state index < -0.39 is 0 Å². The molecule has 0 spiro atoms. The predicted octanol–water partition coefficient (Wildman–Crippen LogP) is 0.184. The standard InChI is InChI=1S/C7H11N3O/c1-4(2)5-3-9-7(8)10-6(5)11/h3-5H,1-2H3,(H2,8,10,11). The highest BCUT2D eigenvalue weighted by atomic mass is 16.1. The molecule has 0 aromatic carbocycles. The molecule has 1 unspecified atom stereocenters. The zero-order chi connectivity index (χ0) is 8.43. The van der Waals surface area contributed by atoms with E-state index in [1.54, 1.807) is 6.21 Å². The fraction of sp³-hybridized carbons (Fsp3) is 0.571. The predicted molar refractivity (Wildman–Crippen MR) is 43.4 cm³/mol. The summed E-state index contributed by atoms with van der Waals surface area (Å²) in [6.45, 7) is 3.90. The molecule has 11 heavy (non-hydrogen) atoms. The van der Waals surface area contributed by atoms with E-state index in [1.807, 2.05) is 13.8 Å². The average molecular weight is 153 g/mol. The maximum atomic E-state index is 11.1. The first-order valence-corrected chi connectivity index (χ1v) is 3.53. The van der Waals surface area contributed by atoms with Crippen LogP contribution in [0.2, 0.25) is 0 Å². The van der Waals surface area contributed by atoms with E-state index >= 15 is 0 Å². The first-order valence-electron chi connectivity index (χ1n) is 3.53. The third-order valence-corrected chi connectivity index (χ3v) is 1.60. The number of amides is 1. The van der Waals surface area contributed by atoms with Gasteiger partial charge in [-0.25, -0.2) is 4.99 Å². The summed E-state index contributed by atoms with van der Waals surface area (Å²) in [5.74, 6) is -0.0789. The maximum Gasteiger partial charge on any atom is 0.257 e. The van der Waals surface area contributed by atoms with Crippen molar-refractivity contribution < 1.29 is 4.79 Å². The molecule has 0 radical (unpaired) electrons. The molecule has 0 fully saturated rings. The van der Waals surface area contributed by atoms with Crippen LogP contribution in [0.5, 0.6) is 0 Å². The van der Waals surface area contributed by atoms with Crippen LogP contribution in [-0.4, -0.2) is 18.1 Å². The lowest BCUT2D eigenvalue weighted by molar-refractivity contribution is -0.120. The highest BCUT2D eigenvalue weighted by molar-refractivity contribution is 6.07. The van der Waals surface area contributed by atoms with Gasteiger partial charge in [-0.1, -0.05) is 13.8 Å². The molecule has 1 aliphatic heterocycles. The molecule has 1 rings (SSSR count). The molecule has 1 atom stereocenters. The Bertz CT molecular complexity index is 230. The Kier molecular flexibility index (Phi) is 2.03. The molecule has 60 valence electrons. The number of carbonyl (C=O) groups excluding carboxylic acids is 1. The Morgan fingerprint density at radius 1 is 1.64 bits per heavy atom. The lowest BCUT2D eigenvalue weighted by Crippen LogP contribution is -2.27. The molecule has 0 aliphatic carbocycles. The molecule has 4 heteroatoms. The van der Waals surface area contributed by atoms with Crippen LogP contribution < -0.4 is 5.73 Å². The van der Waals surface area contributed by atoms with Crippen molar-refractivity contribution in [3.05, 3.63) is 0 Å². The van der Waals surface area contributed by atoms with Gasteiger partial charge in [-0.15, -0.1) is 0 Å². The highest BCUT2D eigenvalue weighted by Gasteiger charge is 2.22. The molecule has 0 saturated carbocycles. The van der Waals surface area contributed by atoms with Crippen molar-refractivity contribution in [2.75, 3.05) is 0 Å². The van der Waals surface area contributed by atoms with Gasteiger partial charge in [0.25, 0.3) is 5.91 Å². The summed E-state index contributed by atoms with van der Waals surface area (Å²) in [5, 5.41) is 0. The lowest BCUT2D eigenvalue weighted by Gasteiger charge is -2.14. The van der Waals surface area contributed by atoms with Crippen LogP contribution in [0.3, 0.4) is 0 Å². The minimum atomic E-state index is -0.192. The Hall–Kier alpha value is -1.19.